The normalized spacial score (nSPS) is 12.5. The summed E-state index contributed by atoms with van der Waals surface area (Å²) in [5, 5.41) is 3.50. The van der Waals surface area contributed by atoms with Crippen LogP contribution in [0.4, 0.5) is 5.69 Å². The van der Waals surface area contributed by atoms with Crippen LogP contribution in [-0.2, 0) is 10.0 Å². The molecule has 1 atom stereocenters. The van der Waals surface area contributed by atoms with E-state index in [1.165, 1.54) is 5.56 Å². The van der Waals surface area contributed by atoms with E-state index in [9.17, 15) is 8.42 Å². The van der Waals surface area contributed by atoms with Gasteiger partial charge in [-0.05, 0) is 50.1 Å². The molecule has 5 heteroatoms. The number of benzene rings is 3. The predicted molar refractivity (Wildman–Crippen MR) is 115 cm³/mol. The van der Waals surface area contributed by atoms with Gasteiger partial charge in [-0.2, -0.15) is 0 Å². The zero-order valence-corrected chi connectivity index (χ0v) is 17.3. The van der Waals surface area contributed by atoms with E-state index in [1.54, 1.807) is 24.3 Å². The van der Waals surface area contributed by atoms with E-state index in [1.807, 2.05) is 56.3 Å². The fourth-order valence-electron chi connectivity index (χ4n) is 3.09. The lowest BCUT2D eigenvalue weighted by Gasteiger charge is -2.22. The Kier molecular flexibility index (Phi) is 6.17. The Morgan fingerprint density at radius 2 is 1.46 bits per heavy atom. The maximum absolute atomic E-state index is 12.7. The molecule has 0 saturated carbocycles. The molecule has 0 unspecified atom stereocenters. The average molecular weight is 395 g/mol. The maximum Gasteiger partial charge on any atom is 0.240 e. The predicted octanol–water partition coefficient (Wildman–Crippen LogP) is 4.74. The number of rotatable bonds is 7. The summed E-state index contributed by atoms with van der Waals surface area (Å²) in [6, 6.07) is 22.7. The Morgan fingerprint density at radius 3 is 2.11 bits per heavy atom. The standard InChI is InChI=1S/C23H26N2O2S/c1-17-9-12-21(13-10-17)28(26,27)24-16-23(20-7-5-4-6-8-20)25-22-14-11-18(2)15-19(22)3/h4-15,23-25H,16H2,1-3H3/t23-/m1/s1. The lowest BCUT2D eigenvalue weighted by molar-refractivity contribution is 0.576. The van der Waals surface area contributed by atoms with Crippen molar-refractivity contribution < 1.29 is 8.42 Å². The molecule has 0 aliphatic carbocycles. The van der Waals surface area contributed by atoms with Crippen LogP contribution in [0.15, 0.2) is 77.7 Å². The van der Waals surface area contributed by atoms with E-state index in [0.29, 0.717) is 0 Å². The molecule has 2 N–H and O–H groups in total. The summed E-state index contributed by atoms with van der Waals surface area (Å²) in [5.41, 5.74) is 5.36. The zero-order valence-electron chi connectivity index (χ0n) is 16.4. The van der Waals surface area contributed by atoms with Gasteiger partial charge in [-0.15, -0.1) is 0 Å². The van der Waals surface area contributed by atoms with Gasteiger partial charge in [0.2, 0.25) is 10.0 Å². The lowest BCUT2D eigenvalue weighted by atomic mass is 10.1. The molecule has 0 aliphatic heterocycles. The Balaban J connectivity index is 1.82. The summed E-state index contributed by atoms with van der Waals surface area (Å²) in [4.78, 5) is 0.274. The number of nitrogens with one attached hydrogen (secondary N) is 2. The topological polar surface area (TPSA) is 58.2 Å². The molecular weight excluding hydrogens is 368 g/mol. The van der Waals surface area contributed by atoms with Gasteiger partial charge in [0.15, 0.2) is 0 Å². The van der Waals surface area contributed by atoms with E-state index in [4.69, 9.17) is 0 Å². The van der Waals surface area contributed by atoms with Gasteiger partial charge in [-0.1, -0.05) is 65.7 Å². The second-order valence-electron chi connectivity index (χ2n) is 7.09. The molecule has 3 aromatic rings. The number of hydrogen-bond acceptors (Lipinski definition) is 3. The highest BCUT2D eigenvalue weighted by Crippen LogP contribution is 2.23. The summed E-state index contributed by atoms with van der Waals surface area (Å²) >= 11 is 0. The smallest absolute Gasteiger partial charge is 0.240 e. The van der Waals surface area contributed by atoms with Crippen LogP contribution in [0.2, 0.25) is 0 Å². The zero-order chi connectivity index (χ0) is 20.1. The number of anilines is 1. The quantitative estimate of drug-likeness (QED) is 0.608. The fraction of sp³-hybridized carbons (Fsp3) is 0.217. The third-order valence-electron chi connectivity index (χ3n) is 4.72. The van der Waals surface area contributed by atoms with E-state index in [-0.39, 0.29) is 17.5 Å². The summed E-state index contributed by atoms with van der Waals surface area (Å²) < 4.78 is 28.2. The van der Waals surface area contributed by atoms with Gasteiger partial charge in [0.25, 0.3) is 0 Å². The molecule has 3 aromatic carbocycles. The van der Waals surface area contributed by atoms with Gasteiger partial charge in [-0.25, -0.2) is 13.1 Å². The van der Waals surface area contributed by atoms with Crippen LogP contribution in [0, 0.1) is 20.8 Å². The molecule has 0 bridgehead atoms. The van der Waals surface area contributed by atoms with Crippen LogP contribution in [0.1, 0.15) is 28.3 Å². The van der Waals surface area contributed by atoms with Crippen LogP contribution in [-0.4, -0.2) is 15.0 Å². The maximum atomic E-state index is 12.7. The monoisotopic (exact) mass is 394 g/mol. The molecule has 0 heterocycles. The first kappa shape index (κ1) is 20.1. The van der Waals surface area contributed by atoms with Crippen LogP contribution < -0.4 is 10.0 Å². The van der Waals surface area contributed by atoms with E-state index in [0.717, 1.165) is 22.4 Å². The highest BCUT2D eigenvalue weighted by Gasteiger charge is 2.18. The van der Waals surface area contributed by atoms with Crippen LogP contribution in [0.3, 0.4) is 0 Å². The third-order valence-corrected chi connectivity index (χ3v) is 6.16. The second-order valence-corrected chi connectivity index (χ2v) is 8.86. The van der Waals surface area contributed by atoms with E-state index < -0.39 is 10.0 Å². The van der Waals surface area contributed by atoms with Crippen molar-refractivity contribution in [3.63, 3.8) is 0 Å². The van der Waals surface area contributed by atoms with Crippen molar-refractivity contribution in [2.24, 2.45) is 0 Å². The van der Waals surface area contributed by atoms with Crippen molar-refractivity contribution in [1.29, 1.82) is 0 Å². The Hall–Kier alpha value is -2.63. The summed E-state index contributed by atoms with van der Waals surface area (Å²) in [7, 11) is -3.58. The summed E-state index contributed by atoms with van der Waals surface area (Å²) in [6.45, 7) is 6.28. The molecule has 0 fully saturated rings. The molecule has 146 valence electrons. The van der Waals surface area contributed by atoms with Crippen LogP contribution >= 0.6 is 0 Å². The Labute approximate surface area is 167 Å². The van der Waals surface area contributed by atoms with E-state index >= 15 is 0 Å². The van der Waals surface area contributed by atoms with Gasteiger partial charge in [0, 0.05) is 12.2 Å². The van der Waals surface area contributed by atoms with Crippen molar-refractivity contribution in [2.75, 3.05) is 11.9 Å². The van der Waals surface area contributed by atoms with Crippen LogP contribution in [0.5, 0.6) is 0 Å². The number of aryl methyl sites for hydroxylation is 3. The van der Waals surface area contributed by atoms with Gasteiger partial charge in [0.05, 0.1) is 10.9 Å². The molecule has 4 nitrogen and oxygen atoms in total. The number of sulfonamides is 1. The first-order chi connectivity index (χ1) is 13.3. The summed E-state index contributed by atoms with van der Waals surface area (Å²) in [6.07, 6.45) is 0. The third kappa shape index (κ3) is 5.00. The Morgan fingerprint density at radius 1 is 0.821 bits per heavy atom. The summed E-state index contributed by atoms with van der Waals surface area (Å²) in [5.74, 6) is 0. The molecule has 3 rings (SSSR count). The lowest BCUT2D eigenvalue weighted by Crippen LogP contribution is -2.31. The van der Waals surface area contributed by atoms with Crippen molar-refractivity contribution >= 4 is 15.7 Å². The minimum Gasteiger partial charge on any atom is -0.377 e. The average Bonchev–Trinajstić information content (AvgIpc) is 2.68. The molecule has 0 saturated heterocycles. The molecule has 0 radical (unpaired) electrons. The molecular formula is C23H26N2O2S. The van der Waals surface area contributed by atoms with Gasteiger partial charge in [-0.3, -0.25) is 0 Å². The largest absolute Gasteiger partial charge is 0.377 e. The van der Waals surface area contributed by atoms with Crippen molar-refractivity contribution in [1.82, 2.24) is 4.72 Å². The first-order valence-electron chi connectivity index (χ1n) is 9.30. The fourth-order valence-corrected chi connectivity index (χ4v) is 4.14. The molecule has 0 spiro atoms. The molecule has 0 amide bonds. The minimum atomic E-state index is -3.58. The highest BCUT2D eigenvalue weighted by atomic mass is 32.2. The first-order valence-corrected chi connectivity index (χ1v) is 10.8. The van der Waals surface area contributed by atoms with Gasteiger partial charge < -0.3 is 5.32 Å². The van der Waals surface area contributed by atoms with Crippen molar-refractivity contribution in [3.8, 4) is 0 Å². The second kappa shape index (κ2) is 8.59. The van der Waals surface area contributed by atoms with Gasteiger partial charge in [0.1, 0.15) is 0 Å². The minimum absolute atomic E-state index is 0.192. The van der Waals surface area contributed by atoms with Crippen LogP contribution in [0.25, 0.3) is 0 Å². The SMILES string of the molecule is Cc1ccc(S(=O)(=O)NC[C@@H](Nc2ccc(C)cc2C)c2ccccc2)cc1. The van der Waals surface area contributed by atoms with Gasteiger partial charge >= 0.3 is 0 Å². The number of hydrogen-bond donors (Lipinski definition) is 2. The van der Waals surface area contributed by atoms with Crippen molar-refractivity contribution in [3.05, 3.63) is 95.1 Å². The van der Waals surface area contributed by atoms with Crippen molar-refractivity contribution in [2.45, 2.75) is 31.7 Å². The molecule has 0 aliphatic rings. The van der Waals surface area contributed by atoms with E-state index in [2.05, 4.69) is 23.0 Å². The molecule has 28 heavy (non-hydrogen) atoms. The highest BCUT2D eigenvalue weighted by molar-refractivity contribution is 7.89. The Bertz CT molecular complexity index is 1030. The molecule has 0 aromatic heterocycles.